The third-order valence-electron chi connectivity index (χ3n) is 6.49. The molecule has 0 aromatic heterocycles. The van der Waals surface area contributed by atoms with Crippen LogP contribution < -0.4 is 0 Å². The monoisotopic (exact) mass is 370 g/mol. The molecule has 2 heterocycles. The predicted octanol–water partition coefficient (Wildman–Crippen LogP) is 4.72. The van der Waals surface area contributed by atoms with E-state index in [1.807, 2.05) is 0 Å². The minimum absolute atomic E-state index is 0.114. The number of fused-ring (bicyclic) bond motifs is 1. The van der Waals surface area contributed by atoms with E-state index in [0.29, 0.717) is 25.0 Å². The van der Waals surface area contributed by atoms with Crippen LogP contribution in [-0.4, -0.2) is 48.8 Å². The molecule has 2 saturated heterocycles. The highest BCUT2D eigenvalue weighted by atomic mass is 16.6. The van der Waals surface area contributed by atoms with E-state index in [4.69, 9.17) is 14.2 Å². The van der Waals surface area contributed by atoms with Gasteiger partial charge >= 0.3 is 0 Å². The molecule has 2 aliphatic heterocycles. The zero-order chi connectivity index (χ0) is 19.0. The Morgan fingerprint density at radius 1 is 1.00 bits per heavy atom. The number of hydrogen-bond acceptors (Lipinski definition) is 4. The number of hydrogen-bond donors (Lipinski definition) is 1. The quantitative estimate of drug-likeness (QED) is 0.509. The molecule has 0 bridgehead atoms. The second kappa shape index (κ2) is 11.0. The van der Waals surface area contributed by atoms with Crippen molar-refractivity contribution < 1.29 is 19.3 Å². The van der Waals surface area contributed by atoms with Gasteiger partial charge in [0.2, 0.25) is 0 Å². The summed E-state index contributed by atoms with van der Waals surface area (Å²) in [7, 11) is 0. The topological polar surface area (TPSA) is 47.9 Å². The van der Waals surface area contributed by atoms with Crippen LogP contribution in [0.25, 0.3) is 0 Å². The second-order valence-electron chi connectivity index (χ2n) is 8.51. The summed E-state index contributed by atoms with van der Waals surface area (Å²) in [5, 5.41) is 10.2. The molecule has 6 atom stereocenters. The van der Waals surface area contributed by atoms with Gasteiger partial charge in [-0.2, -0.15) is 0 Å². The highest BCUT2D eigenvalue weighted by molar-refractivity contribution is 5.06. The molecule has 0 amide bonds. The third kappa shape index (κ3) is 5.43. The largest absolute Gasteiger partial charge is 0.388 e. The van der Waals surface area contributed by atoms with Crippen molar-refractivity contribution in [3.8, 4) is 0 Å². The Labute approximate surface area is 161 Å². The summed E-state index contributed by atoms with van der Waals surface area (Å²) in [4.78, 5) is 0. The molecule has 0 saturated carbocycles. The van der Waals surface area contributed by atoms with Crippen LogP contribution in [0, 0.1) is 11.8 Å². The van der Waals surface area contributed by atoms with Crippen LogP contribution in [0.1, 0.15) is 85.5 Å². The van der Waals surface area contributed by atoms with Crippen LogP contribution >= 0.6 is 0 Å². The summed E-state index contributed by atoms with van der Waals surface area (Å²) >= 11 is 0. The summed E-state index contributed by atoms with van der Waals surface area (Å²) in [5.74, 6) is 1.24. The molecule has 0 aromatic rings. The van der Waals surface area contributed by atoms with Crippen molar-refractivity contribution in [2.75, 3.05) is 19.8 Å². The van der Waals surface area contributed by atoms with Gasteiger partial charge < -0.3 is 19.3 Å². The molecule has 2 aliphatic rings. The molecule has 154 valence electrons. The Balaban J connectivity index is 2.06. The van der Waals surface area contributed by atoms with Gasteiger partial charge in [0.25, 0.3) is 0 Å². The summed E-state index contributed by atoms with van der Waals surface area (Å²) in [5.41, 5.74) is -0.379. The van der Waals surface area contributed by atoms with E-state index in [1.165, 1.54) is 38.5 Å². The lowest BCUT2D eigenvalue weighted by molar-refractivity contribution is -0.136. The maximum absolute atomic E-state index is 10.2. The lowest BCUT2D eigenvalue weighted by Crippen LogP contribution is -2.48. The first-order valence-corrected chi connectivity index (χ1v) is 11.1. The fourth-order valence-electron chi connectivity index (χ4n) is 4.53. The molecule has 4 nitrogen and oxygen atoms in total. The summed E-state index contributed by atoms with van der Waals surface area (Å²) in [6.45, 7) is 10.8. The zero-order valence-corrected chi connectivity index (χ0v) is 17.5. The van der Waals surface area contributed by atoms with Crippen molar-refractivity contribution in [1.29, 1.82) is 0 Å². The first-order chi connectivity index (χ1) is 12.6. The molecule has 2 unspecified atom stereocenters. The van der Waals surface area contributed by atoms with Gasteiger partial charge in [0.15, 0.2) is 0 Å². The minimum Gasteiger partial charge on any atom is -0.388 e. The molecule has 0 aliphatic carbocycles. The molecule has 26 heavy (non-hydrogen) atoms. The predicted molar refractivity (Wildman–Crippen MR) is 105 cm³/mol. The van der Waals surface area contributed by atoms with Gasteiger partial charge in [-0.15, -0.1) is 0 Å². The minimum atomic E-state index is -0.511. The van der Waals surface area contributed by atoms with Crippen molar-refractivity contribution >= 4 is 0 Å². The van der Waals surface area contributed by atoms with E-state index in [2.05, 4.69) is 27.7 Å². The standard InChI is InChI=1S/C22H42O4/c1-5-9-11-17(7-3)13-22(26-14-18(8-4)12-10-6-2)16-25-20-19(23)15-24-21(20)22/h17-21,23H,5-16H2,1-4H3/t17?,18?,19-,20-,21+,22+/m1/s1. The second-order valence-corrected chi connectivity index (χ2v) is 8.51. The van der Waals surface area contributed by atoms with Crippen LogP contribution in [0.15, 0.2) is 0 Å². The number of rotatable bonds is 13. The average molecular weight is 371 g/mol. The summed E-state index contributed by atoms with van der Waals surface area (Å²) in [6.07, 6.45) is 9.94. The van der Waals surface area contributed by atoms with E-state index in [-0.39, 0.29) is 17.8 Å². The molecule has 0 radical (unpaired) electrons. The fourth-order valence-corrected chi connectivity index (χ4v) is 4.53. The first-order valence-electron chi connectivity index (χ1n) is 11.1. The fraction of sp³-hybridized carbons (Fsp3) is 1.00. The van der Waals surface area contributed by atoms with Crippen LogP contribution in [0.5, 0.6) is 0 Å². The molecule has 4 heteroatoms. The van der Waals surface area contributed by atoms with E-state index < -0.39 is 6.10 Å². The smallest absolute Gasteiger partial charge is 0.120 e. The SMILES string of the molecule is CCCCC(CC)CO[C@@]1(CC(CC)CCCC)CO[C@@H]2[C@H](O)CO[C@@H]21. The van der Waals surface area contributed by atoms with E-state index >= 15 is 0 Å². The Hall–Kier alpha value is -0.160. The molecule has 2 rings (SSSR count). The number of unbranched alkanes of at least 4 members (excludes halogenated alkanes) is 2. The van der Waals surface area contributed by atoms with E-state index in [0.717, 1.165) is 25.9 Å². The molecule has 2 fully saturated rings. The Kier molecular flexibility index (Phi) is 9.36. The maximum Gasteiger partial charge on any atom is 0.120 e. The zero-order valence-electron chi connectivity index (χ0n) is 17.5. The van der Waals surface area contributed by atoms with Gasteiger partial charge in [-0.05, 0) is 24.7 Å². The van der Waals surface area contributed by atoms with Gasteiger partial charge in [-0.25, -0.2) is 0 Å². The summed E-state index contributed by atoms with van der Waals surface area (Å²) in [6, 6.07) is 0. The van der Waals surface area contributed by atoms with Crippen LogP contribution in [0.3, 0.4) is 0 Å². The number of aliphatic hydroxyl groups excluding tert-OH is 1. The third-order valence-corrected chi connectivity index (χ3v) is 6.49. The van der Waals surface area contributed by atoms with Gasteiger partial charge in [-0.1, -0.05) is 72.6 Å². The van der Waals surface area contributed by atoms with Crippen molar-refractivity contribution in [3.05, 3.63) is 0 Å². The van der Waals surface area contributed by atoms with Crippen LogP contribution in [0.4, 0.5) is 0 Å². The van der Waals surface area contributed by atoms with Crippen molar-refractivity contribution in [3.63, 3.8) is 0 Å². The Morgan fingerprint density at radius 3 is 2.27 bits per heavy atom. The number of ether oxygens (including phenoxy) is 3. The summed E-state index contributed by atoms with van der Waals surface area (Å²) < 4.78 is 18.7. The highest BCUT2D eigenvalue weighted by Crippen LogP contribution is 2.42. The van der Waals surface area contributed by atoms with E-state index in [9.17, 15) is 5.11 Å². The lowest BCUT2D eigenvalue weighted by Gasteiger charge is -2.37. The average Bonchev–Trinajstić information content (AvgIpc) is 3.20. The maximum atomic E-state index is 10.2. The van der Waals surface area contributed by atoms with Crippen molar-refractivity contribution in [1.82, 2.24) is 0 Å². The van der Waals surface area contributed by atoms with Crippen molar-refractivity contribution in [2.24, 2.45) is 11.8 Å². The molecule has 0 aromatic carbocycles. The van der Waals surface area contributed by atoms with E-state index in [1.54, 1.807) is 0 Å². The number of aliphatic hydroxyl groups is 1. The molecular weight excluding hydrogens is 328 g/mol. The Bertz CT molecular complexity index is 388. The lowest BCUT2D eigenvalue weighted by atomic mass is 9.82. The van der Waals surface area contributed by atoms with Gasteiger partial charge in [-0.3, -0.25) is 0 Å². The van der Waals surface area contributed by atoms with Crippen molar-refractivity contribution in [2.45, 2.75) is 109 Å². The highest BCUT2D eigenvalue weighted by Gasteiger charge is 2.57. The van der Waals surface area contributed by atoms with Crippen LogP contribution in [0.2, 0.25) is 0 Å². The van der Waals surface area contributed by atoms with Gasteiger partial charge in [0.05, 0.1) is 19.8 Å². The first kappa shape index (κ1) is 22.1. The normalized spacial score (nSPS) is 33.3. The Morgan fingerprint density at radius 2 is 1.65 bits per heavy atom. The van der Waals surface area contributed by atoms with Crippen LogP contribution in [-0.2, 0) is 14.2 Å². The molecule has 0 spiro atoms. The van der Waals surface area contributed by atoms with Gasteiger partial charge in [0, 0.05) is 0 Å². The van der Waals surface area contributed by atoms with Gasteiger partial charge in [0.1, 0.15) is 23.9 Å². The molecule has 1 N–H and O–H groups in total. The molecular formula is C22H42O4.